The predicted molar refractivity (Wildman–Crippen MR) is 55.7 cm³/mol. The van der Waals surface area contributed by atoms with Gasteiger partial charge in [-0.2, -0.15) is 0 Å². The summed E-state index contributed by atoms with van der Waals surface area (Å²) in [5.74, 6) is 0. The molecule has 0 aliphatic carbocycles. The second-order valence-corrected chi connectivity index (χ2v) is 3.57. The number of carbonyl (C=O) groups excluding carboxylic acids is 1. The molecule has 0 atom stereocenters. The molecule has 2 amide bonds. The Bertz CT molecular complexity index is 168. The van der Waals surface area contributed by atoms with Gasteiger partial charge in [-0.15, -0.1) is 6.58 Å². The fourth-order valence-corrected chi connectivity index (χ4v) is 1.32. The van der Waals surface area contributed by atoms with Crippen molar-refractivity contribution in [2.24, 2.45) is 0 Å². The Morgan fingerprint density at radius 1 is 1.38 bits per heavy atom. The summed E-state index contributed by atoms with van der Waals surface area (Å²) in [7, 11) is 0. The molecule has 0 radical (unpaired) electrons. The third kappa shape index (κ3) is 3.97. The molecular formula is C10H20N2O. The highest BCUT2D eigenvalue weighted by atomic mass is 16.2. The zero-order valence-corrected chi connectivity index (χ0v) is 9.00. The second-order valence-electron chi connectivity index (χ2n) is 3.57. The van der Waals surface area contributed by atoms with Gasteiger partial charge in [-0.25, -0.2) is 4.79 Å². The van der Waals surface area contributed by atoms with Crippen LogP contribution in [-0.2, 0) is 0 Å². The molecule has 1 N–H and O–H groups in total. The van der Waals surface area contributed by atoms with Crippen molar-refractivity contribution in [1.29, 1.82) is 0 Å². The molecule has 0 aliphatic heterocycles. The van der Waals surface area contributed by atoms with Crippen LogP contribution in [0.3, 0.4) is 0 Å². The first kappa shape index (κ1) is 12.0. The Morgan fingerprint density at radius 2 is 1.85 bits per heavy atom. The molecule has 0 bridgehead atoms. The van der Waals surface area contributed by atoms with Crippen molar-refractivity contribution in [1.82, 2.24) is 10.2 Å². The van der Waals surface area contributed by atoms with Crippen LogP contribution in [-0.4, -0.2) is 29.6 Å². The lowest BCUT2D eigenvalue weighted by Gasteiger charge is -2.30. The number of rotatable bonds is 4. The van der Waals surface area contributed by atoms with Crippen molar-refractivity contribution in [2.75, 3.05) is 6.54 Å². The zero-order valence-electron chi connectivity index (χ0n) is 9.00. The van der Waals surface area contributed by atoms with Crippen molar-refractivity contribution < 1.29 is 4.79 Å². The predicted octanol–water partition coefficient (Wildman–Crippen LogP) is 2.00. The van der Waals surface area contributed by atoms with Gasteiger partial charge >= 0.3 is 6.03 Å². The number of hydrogen-bond acceptors (Lipinski definition) is 1. The van der Waals surface area contributed by atoms with E-state index in [2.05, 4.69) is 11.9 Å². The van der Waals surface area contributed by atoms with Gasteiger partial charge in [0.15, 0.2) is 0 Å². The quantitative estimate of drug-likeness (QED) is 0.666. The highest BCUT2D eigenvalue weighted by Crippen LogP contribution is 2.04. The van der Waals surface area contributed by atoms with Gasteiger partial charge in [0, 0.05) is 18.6 Å². The van der Waals surface area contributed by atoms with Gasteiger partial charge in [0.2, 0.25) is 0 Å². The third-order valence-electron chi connectivity index (χ3n) is 1.74. The lowest BCUT2D eigenvalue weighted by atomic mass is 10.2. The fourth-order valence-electron chi connectivity index (χ4n) is 1.32. The average molecular weight is 184 g/mol. The topological polar surface area (TPSA) is 32.3 Å². The Labute approximate surface area is 80.8 Å². The summed E-state index contributed by atoms with van der Waals surface area (Å²) in [6.07, 6.45) is 1.68. The Balaban J connectivity index is 4.20. The van der Waals surface area contributed by atoms with Crippen LogP contribution >= 0.6 is 0 Å². The van der Waals surface area contributed by atoms with Gasteiger partial charge in [0.1, 0.15) is 0 Å². The summed E-state index contributed by atoms with van der Waals surface area (Å²) in [5.41, 5.74) is 0. The van der Waals surface area contributed by atoms with Crippen molar-refractivity contribution in [3.8, 4) is 0 Å². The second kappa shape index (κ2) is 5.62. The minimum atomic E-state index is -0.0232. The molecule has 13 heavy (non-hydrogen) atoms. The molecular weight excluding hydrogens is 164 g/mol. The van der Waals surface area contributed by atoms with Crippen molar-refractivity contribution in [3.05, 3.63) is 12.7 Å². The van der Waals surface area contributed by atoms with E-state index in [4.69, 9.17) is 0 Å². The number of nitrogens with zero attached hydrogens (tertiary/aromatic N) is 1. The maximum Gasteiger partial charge on any atom is 0.318 e. The van der Waals surface area contributed by atoms with E-state index in [1.807, 2.05) is 32.6 Å². The van der Waals surface area contributed by atoms with Gasteiger partial charge in [-0.1, -0.05) is 6.08 Å². The van der Waals surface area contributed by atoms with Crippen LogP contribution in [0, 0.1) is 0 Å². The largest absolute Gasteiger partial charge is 0.335 e. The summed E-state index contributed by atoms with van der Waals surface area (Å²) in [6.45, 7) is 12.1. The maximum absolute atomic E-state index is 11.6. The van der Waals surface area contributed by atoms with E-state index in [-0.39, 0.29) is 18.1 Å². The third-order valence-corrected chi connectivity index (χ3v) is 1.74. The molecule has 0 saturated heterocycles. The summed E-state index contributed by atoms with van der Waals surface area (Å²) in [5, 5.41) is 2.76. The molecule has 0 unspecified atom stereocenters. The van der Waals surface area contributed by atoms with E-state index in [0.717, 1.165) is 0 Å². The maximum atomic E-state index is 11.6. The minimum absolute atomic E-state index is 0.0232. The van der Waals surface area contributed by atoms with Crippen LogP contribution in [0.15, 0.2) is 12.7 Å². The molecule has 3 heteroatoms. The number of nitrogens with one attached hydrogen (secondary N) is 1. The number of hydrogen-bond donors (Lipinski definition) is 1. The summed E-state index contributed by atoms with van der Waals surface area (Å²) >= 11 is 0. The smallest absolute Gasteiger partial charge is 0.318 e. The first-order valence-electron chi connectivity index (χ1n) is 4.67. The first-order valence-corrected chi connectivity index (χ1v) is 4.67. The van der Waals surface area contributed by atoms with Crippen molar-refractivity contribution in [2.45, 2.75) is 39.8 Å². The van der Waals surface area contributed by atoms with E-state index in [9.17, 15) is 4.79 Å². The Hall–Kier alpha value is -0.990. The van der Waals surface area contributed by atoms with E-state index in [0.29, 0.717) is 6.54 Å². The van der Waals surface area contributed by atoms with Crippen LogP contribution in [0.5, 0.6) is 0 Å². The highest BCUT2D eigenvalue weighted by Gasteiger charge is 2.18. The van der Waals surface area contributed by atoms with Gasteiger partial charge < -0.3 is 10.2 Å². The molecule has 3 nitrogen and oxygen atoms in total. The molecule has 0 saturated carbocycles. The van der Waals surface area contributed by atoms with E-state index in [1.165, 1.54) is 0 Å². The molecule has 76 valence electrons. The monoisotopic (exact) mass is 184 g/mol. The SMILES string of the molecule is C=CCNC(=O)N(C(C)C)C(C)C. The first-order chi connectivity index (χ1) is 6.00. The Kier molecular flexibility index (Phi) is 5.19. The van der Waals surface area contributed by atoms with E-state index < -0.39 is 0 Å². The van der Waals surface area contributed by atoms with E-state index in [1.54, 1.807) is 6.08 Å². The van der Waals surface area contributed by atoms with Crippen molar-refractivity contribution in [3.63, 3.8) is 0 Å². The van der Waals surface area contributed by atoms with Gasteiger partial charge in [0.25, 0.3) is 0 Å². The Morgan fingerprint density at radius 3 is 2.15 bits per heavy atom. The number of urea groups is 1. The lowest BCUT2D eigenvalue weighted by molar-refractivity contribution is 0.166. The summed E-state index contributed by atoms with van der Waals surface area (Å²) in [4.78, 5) is 13.4. The summed E-state index contributed by atoms with van der Waals surface area (Å²) < 4.78 is 0. The van der Waals surface area contributed by atoms with Crippen LogP contribution in [0.1, 0.15) is 27.7 Å². The average Bonchev–Trinajstić information content (AvgIpc) is 1.99. The number of carbonyl (C=O) groups is 1. The molecule has 0 aromatic carbocycles. The molecule has 0 rings (SSSR count). The normalized spacial score (nSPS) is 10.3. The molecule has 0 aromatic rings. The van der Waals surface area contributed by atoms with E-state index >= 15 is 0 Å². The van der Waals surface area contributed by atoms with Gasteiger partial charge in [-0.05, 0) is 27.7 Å². The molecule has 0 aromatic heterocycles. The molecule has 0 spiro atoms. The minimum Gasteiger partial charge on any atom is -0.335 e. The summed E-state index contributed by atoms with van der Waals surface area (Å²) in [6, 6.07) is 0.430. The van der Waals surface area contributed by atoms with Gasteiger partial charge in [0.05, 0.1) is 0 Å². The zero-order chi connectivity index (χ0) is 10.4. The molecule has 0 heterocycles. The lowest BCUT2D eigenvalue weighted by Crippen LogP contribution is -2.47. The van der Waals surface area contributed by atoms with Crippen molar-refractivity contribution >= 4 is 6.03 Å². The number of amides is 2. The van der Waals surface area contributed by atoms with Crippen LogP contribution in [0.25, 0.3) is 0 Å². The van der Waals surface area contributed by atoms with Crippen LogP contribution < -0.4 is 5.32 Å². The van der Waals surface area contributed by atoms with Crippen LogP contribution in [0.2, 0.25) is 0 Å². The van der Waals surface area contributed by atoms with Crippen LogP contribution in [0.4, 0.5) is 4.79 Å². The van der Waals surface area contributed by atoms with Gasteiger partial charge in [-0.3, -0.25) is 0 Å². The standard InChI is InChI=1S/C10H20N2O/c1-6-7-11-10(13)12(8(2)3)9(4)5/h6,8-9H,1,7H2,2-5H3,(H,11,13). The molecule has 0 fully saturated rings. The fraction of sp³-hybridized carbons (Fsp3) is 0.700. The highest BCUT2D eigenvalue weighted by molar-refractivity contribution is 5.74. The molecule has 0 aliphatic rings.